The van der Waals surface area contributed by atoms with Crippen LogP contribution in [-0.4, -0.2) is 29.1 Å². The number of likely N-dealkylation sites (tertiary alicyclic amines) is 1. The van der Waals surface area contributed by atoms with Crippen molar-refractivity contribution in [2.45, 2.75) is 42.8 Å². The SMILES string of the molecule is CC(Sc1c(N)cccc1Cl)C(=O)N1CCCCCC1. The molecule has 1 aliphatic rings. The van der Waals surface area contributed by atoms with Gasteiger partial charge in [0.05, 0.1) is 10.3 Å². The number of carbonyl (C=O) groups is 1. The van der Waals surface area contributed by atoms with Gasteiger partial charge in [0.15, 0.2) is 0 Å². The highest BCUT2D eigenvalue weighted by molar-refractivity contribution is 8.00. The zero-order valence-corrected chi connectivity index (χ0v) is 13.3. The molecular weight excluding hydrogens is 292 g/mol. The van der Waals surface area contributed by atoms with Gasteiger partial charge in [0.25, 0.3) is 0 Å². The number of amides is 1. The molecule has 0 bridgehead atoms. The minimum absolute atomic E-state index is 0.157. The molecule has 5 heteroatoms. The normalized spacial score (nSPS) is 17.6. The fourth-order valence-corrected chi connectivity index (χ4v) is 3.73. The second kappa shape index (κ2) is 7.23. The molecule has 0 spiro atoms. The van der Waals surface area contributed by atoms with Crippen LogP contribution in [0.4, 0.5) is 5.69 Å². The standard InChI is InChI=1S/C15H21ClN2OS/c1-11(15(19)18-9-4-2-3-5-10-18)20-14-12(16)7-6-8-13(14)17/h6-8,11H,2-5,9-10,17H2,1H3. The lowest BCUT2D eigenvalue weighted by Crippen LogP contribution is -2.37. The third kappa shape index (κ3) is 3.83. The summed E-state index contributed by atoms with van der Waals surface area (Å²) in [5, 5.41) is 0.459. The number of nitrogen functional groups attached to an aromatic ring is 1. The first-order valence-electron chi connectivity index (χ1n) is 7.09. The Kier molecular flexibility index (Phi) is 5.61. The number of thioether (sulfide) groups is 1. The fourth-order valence-electron chi connectivity index (χ4n) is 2.43. The summed E-state index contributed by atoms with van der Waals surface area (Å²) in [6.07, 6.45) is 4.67. The number of halogens is 1. The van der Waals surface area contributed by atoms with Crippen molar-refractivity contribution < 1.29 is 4.79 Å². The first kappa shape index (κ1) is 15.5. The average Bonchev–Trinajstić information content (AvgIpc) is 2.71. The predicted octanol–water partition coefficient (Wildman–Crippen LogP) is 3.81. The Labute approximate surface area is 129 Å². The lowest BCUT2D eigenvalue weighted by Gasteiger charge is -2.24. The van der Waals surface area contributed by atoms with Crippen LogP contribution in [0, 0.1) is 0 Å². The van der Waals surface area contributed by atoms with Gasteiger partial charge in [0, 0.05) is 23.7 Å². The monoisotopic (exact) mass is 312 g/mol. The van der Waals surface area contributed by atoms with Gasteiger partial charge in [-0.1, -0.05) is 30.5 Å². The molecule has 0 aliphatic carbocycles. The van der Waals surface area contributed by atoms with E-state index in [4.69, 9.17) is 17.3 Å². The summed E-state index contributed by atoms with van der Waals surface area (Å²) < 4.78 is 0. The van der Waals surface area contributed by atoms with Crippen LogP contribution >= 0.6 is 23.4 Å². The van der Waals surface area contributed by atoms with E-state index in [2.05, 4.69) is 0 Å². The maximum atomic E-state index is 12.5. The van der Waals surface area contributed by atoms with E-state index in [9.17, 15) is 4.79 Å². The van der Waals surface area contributed by atoms with E-state index in [0.717, 1.165) is 30.8 Å². The first-order chi connectivity index (χ1) is 9.59. The maximum absolute atomic E-state index is 12.5. The molecule has 1 saturated heterocycles. The molecule has 3 nitrogen and oxygen atoms in total. The van der Waals surface area contributed by atoms with Crippen molar-refractivity contribution in [1.82, 2.24) is 4.90 Å². The summed E-state index contributed by atoms with van der Waals surface area (Å²) >= 11 is 7.62. The molecule has 0 saturated carbocycles. The molecule has 110 valence electrons. The molecule has 1 unspecified atom stereocenters. The number of anilines is 1. The topological polar surface area (TPSA) is 46.3 Å². The Bertz CT molecular complexity index is 453. The van der Waals surface area contributed by atoms with Crippen molar-refractivity contribution in [3.63, 3.8) is 0 Å². The fraction of sp³-hybridized carbons (Fsp3) is 0.533. The van der Waals surface area contributed by atoms with Crippen molar-refractivity contribution in [3.8, 4) is 0 Å². The highest BCUT2D eigenvalue weighted by Crippen LogP contribution is 2.35. The Morgan fingerprint density at radius 1 is 1.30 bits per heavy atom. The Hall–Kier alpha value is -0.870. The third-order valence-electron chi connectivity index (χ3n) is 3.56. The molecule has 20 heavy (non-hydrogen) atoms. The summed E-state index contributed by atoms with van der Waals surface area (Å²) in [6, 6.07) is 5.45. The van der Waals surface area contributed by atoms with Gasteiger partial charge in [-0.05, 0) is 31.9 Å². The van der Waals surface area contributed by atoms with Crippen LogP contribution in [0.25, 0.3) is 0 Å². The van der Waals surface area contributed by atoms with Gasteiger partial charge in [-0.15, -0.1) is 11.8 Å². The van der Waals surface area contributed by atoms with Crippen LogP contribution in [0.15, 0.2) is 23.1 Å². The Balaban J connectivity index is 2.03. The lowest BCUT2D eigenvalue weighted by atomic mass is 10.2. The molecule has 2 N–H and O–H groups in total. The molecule has 1 aromatic rings. The molecule has 1 aliphatic heterocycles. The molecule has 2 rings (SSSR count). The van der Waals surface area contributed by atoms with Crippen LogP contribution < -0.4 is 5.73 Å². The summed E-state index contributed by atoms with van der Waals surface area (Å²) in [5.74, 6) is 0.191. The number of hydrogen-bond acceptors (Lipinski definition) is 3. The number of nitrogens with two attached hydrogens (primary N) is 1. The zero-order valence-electron chi connectivity index (χ0n) is 11.8. The van der Waals surface area contributed by atoms with Crippen LogP contribution in [0.3, 0.4) is 0 Å². The number of nitrogens with zero attached hydrogens (tertiary/aromatic N) is 1. The molecule has 1 heterocycles. The quantitative estimate of drug-likeness (QED) is 0.682. The van der Waals surface area contributed by atoms with Crippen molar-refractivity contribution in [3.05, 3.63) is 23.2 Å². The van der Waals surface area contributed by atoms with Crippen molar-refractivity contribution >= 4 is 35.0 Å². The van der Waals surface area contributed by atoms with Crippen LogP contribution in [0.1, 0.15) is 32.6 Å². The summed E-state index contributed by atoms with van der Waals surface area (Å²) in [4.78, 5) is 15.3. The molecular formula is C15H21ClN2OS. The first-order valence-corrected chi connectivity index (χ1v) is 8.35. The lowest BCUT2D eigenvalue weighted by molar-refractivity contribution is -0.130. The summed E-state index contributed by atoms with van der Waals surface area (Å²) in [7, 11) is 0. The minimum atomic E-state index is -0.157. The second-order valence-electron chi connectivity index (χ2n) is 5.16. The van der Waals surface area contributed by atoms with Crippen LogP contribution in [0.5, 0.6) is 0 Å². The van der Waals surface area contributed by atoms with Gasteiger partial charge < -0.3 is 10.6 Å². The molecule has 0 radical (unpaired) electrons. The zero-order chi connectivity index (χ0) is 14.5. The van der Waals surface area contributed by atoms with Gasteiger partial charge in [-0.25, -0.2) is 0 Å². The van der Waals surface area contributed by atoms with Gasteiger partial charge in [-0.2, -0.15) is 0 Å². The van der Waals surface area contributed by atoms with E-state index in [0.29, 0.717) is 10.7 Å². The van der Waals surface area contributed by atoms with E-state index < -0.39 is 0 Å². The molecule has 1 aromatic carbocycles. The van der Waals surface area contributed by atoms with E-state index in [1.165, 1.54) is 24.6 Å². The van der Waals surface area contributed by atoms with Crippen molar-refractivity contribution in [2.24, 2.45) is 0 Å². The van der Waals surface area contributed by atoms with E-state index in [1.54, 1.807) is 0 Å². The second-order valence-corrected chi connectivity index (χ2v) is 6.92. The molecule has 0 aromatic heterocycles. The predicted molar refractivity (Wildman–Crippen MR) is 86.2 cm³/mol. The Morgan fingerprint density at radius 2 is 1.95 bits per heavy atom. The maximum Gasteiger partial charge on any atom is 0.235 e. The number of benzene rings is 1. The van der Waals surface area contributed by atoms with Crippen LogP contribution in [-0.2, 0) is 4.79 Å². The van der Waals surface area contributed by atoms with Crippen molar-refractivity contribution in [1.29, 1.82) is 0 Å². The van der Waals surface area contributed by atoms with Gasteiger partial charge in [0.2, 0.25) is 5.91 Å². The third-order valence-corrected chi connectivity index (χ3v) is 5.23. The average molecular weight is 313 g/mol. The van der Waals surface area contributed by atoms with E-state index in [-0.39, 0.29) is 11.2 Å². The largest absolute Gasteiger partial charge is 0.398 e. The number of rotatable bonds is 3. The minimum Gasteiger partial charge on any atom is -0.398 e. The van der Waals surface area contributed by atoms with Crippen molar-refractivity contribution in [2.75, 3.05) is 18.8 Å². The van der Waals surface area contributed by atoms with Gasteiger partial charge in [0.1, 0.15) is 0 Å². The molecule has 1 fully saturated rings. The summed E-state index contributed by atoms with van der Waals surface area (Å²) in [5.41, 5.74) is 6.58. The highest BCUT2D eigenvalue weighted by Gasteiger charge is 2.23. The van der Waals surface area contributed by atoms with Gasteiger partial charge in [-0.3, -0.25) is 4.79 Å². The highest BCUT2D eigenvalue weighted by atomic mass is 35.5. The molecule has 1 amide bonds. The number of hydrogen-bond donors (Lipinski definition) is 1. The molecule has 1 atom stereocenters. The number of carbonyl (C=O) groups excluding carboxylic acids is 1. The smallest absolute Gasteiger partial charge is 0.235 e. The summed E-state index contributed by atoms with van der Waals surface area (Å²) in [6.45, 7) is 3.68. The van der Waals surface area contributed by atoms with Gasteiger partial charge >= 0.3 is 0 Å². The van der Waals surface area contributed by atoms with E-state index in [1.807, 2.05) is 30.0 Å². The Morgan fingerprint density at radius 3 is 2.55 bits per heavy atom. The van der Waals surface area contributed by atoms with E-state index >= 15 is 0 Å². The van der Waals surface area contributed by atoms with Crippen LogP contribution in [0.2, 0.25) is 5.02 Å².